The summed E-state index contributed by atoms with van der Waals surface area (Å²) in [6, 6.07) is 0. The fourth-order valence-corrected chi connectivity index (χ4v) is 8.78. The van der Waals surface area contributed by atoms with Crippen LogP contribution < -0.4 is 0 Å². The normalized spacial score (nSPS) is 40.5. The van der Waals surface area contributed by atoms with Gasteiger partial charge in [0.05, 0.1) is 0 Å². The number of ketones is 2. The molecule has 7 atom stereocenters. The minimum atomic E-state index is -0.535. The second-order valence-corrected chi connectivity index (χ2v) is 12.3. The van der Waals surface area contributed by atoms with Crippen LogP contribution in [-0.2, 0) is 28.7 Å². The Balaban J connectivity index is 1.63. The molecule has 6 heteroatoms. The summed E-state index contributed by atoms with van der Waals surface area (Å²) < 4.78 is 10.9. The first kappa shape index (κ1) is 24.4. The lowest BCUT2D eigenvalue weighted by Crippen LogP contribution is -2.58. The Morgan fingerprint density at radius 1 is 0.970 bits per heavy atom. The number of hydrogen-bond donors (Lipinski definition) is 0. The van der Waals surface area contributed by atoms with Crippen molar-refractivity contribution in [3.05, 3.63) is 0 Å². The van der Waals surface area contributed by atoms with E-state index in [2.05, 4.69) is 13.8 Å². The number of carbonyl (C=O) groups excluding carboxylic acids is 4. The van der Waals surface area contributed by atoms with Gasteiger partial charge < -0.3 is 9.47 Å². The van der Waals surface area contributed by atoms with Gasteiger partial charge in [-0.1, -0.05) is 20.8 Å². The van der Waals surface area contributed by atoms with Crippen LogP contribution in [0.3, 0.4) is 0 Å². The van der Waals surface area contributed by atoms with Crippen molar-refractivity contribution in [2.24, 2.45) is 45.8 Å². The van der Waals surface area contributed by atoms with Gasteiger partial charge in [-0.25, -0.2) is 0 Å². The number of Topliss-reactive ketones (excluding diaryl/α,β-unsaturated/α-hetero) is 2. The molecule has 4 saturated carbocycles. The Kier molecular flexibility index (Phi) is 6.28. The highest BCUT2D eigenvalue weighted by Crippen LogP contribution is 2.68. The van der Waals surface area contributed by atoms with Crippen LogP contribution in [-0.4, -0.2) is 36.7 Å². The zero-order chi connectivity index (χ0) is 24.2. The van der Waals surface area contributed by atoms with Crippen molar-refractivity contribution in [2.75, 3.05) is 13.2 Å². The van der Waals surface area contributed by atoms with Crippen molar-refractivity contribution in [2.45, 2.75) is 86.0 Å². The van der Waals surface area contributed by atoms with Crippen molar-refractivity contribution in [1.29, 1.82) is 0 Å². The molecule has 0 aromatic carbocycles. The van der Waals surface area contributed by atoms with E-state index in [0.717, 1.165) is 32.1 Å². The number of hydrogen-bond acceptors (Lipinski definition) is 6. The highest BCUT2D eigenvalue weighted by molar-refractivity contribution is 5.85. The third-order valence-corrected chi connectivity index (χ3v) is 10.2. The molecule has 0 N–H and O–H groups in total. The van der Waals surface area contributed by atoms with Gasteiger partial charge in [-0.15, -0.1) is 0 Å². The van der Waals surface area contributed by atoms with Crippen LogP contribution in [0.2, 0.25) is 0 Å². The van der Waals surface area contributed by atoms with Crippen LogP contribution in [0.4, 0.5) is 0 Å². The molecule has 1 unspecified atom stereocenters. The summed E-state index contributed by atoms with van der Waals surface area (Å²) in [7, 11) is 0. The van der Waals surface area contributed by atoms with E-state index in [1.54, 1.807) is 0 Å². The summed E-state index contributed by atoms with van der Waals surface area (Å²) >= 11 is 0. The molecule has 0 saturated heterocycles. The molecule has 4 aliphatic rings. The highest BCUT2D eigenvalue weighted by atomic mass is 16.5. The molecule has 4 rings (SSSR count). The smallest absolute Gasteiger partial charge is 0.302 e. The maximum Gasteiger partial charge on any atom is 0.302 e. The molecule has 0 radical (unpaired) electrons. The second-order valence-electron chi connectivity index (χ2n) is 12.3. The van der Waals surface area contributed by atoms with Crippen LogP contribution >= 0.6 is 0 Å². The van der Waals surface area contributed by atoms with Crippen molar-refractivity contribution in [1.82, 2.24) is 0 Å². The third-order valence-electron chi connectivity index (χ3n) is 10.2. The molecule has 0 amide bonds. The van der Waals surface area contributed by atoms with Crippen LogP contribution in [0.25, 0.3) is 0 Å². The van der Waals surface area contributed by atoms with Crippen LogP contribution in [0, 0.1) is 45.8 Å². The molecular formula is C27H40O6. The Morgan fingerprint density at radius 3 is 2.21 bits per heavy atom. The number of ether oxygens (including phenoxy) is 2. The molecule has 4 aliphatic carbocycles. The molecular weight excluding hydrogens is 420 g/mol. The first-order valence-corrected chi connectivity index (χ1v) is 12.7. The third kappa shape index (κ3) is 4.05. The highest BCUT2D eigenvalue weighted by Gasteiger charge is 2.65. The van der Waals surface area contributed by atoms with Gasteiger partial charge in [-0.05, 0) is 66.6 Å². The molecule has 0 aliphatic heterocycles. The van der Waals surface area contributed by atoms with Gasteiger partial charge in [0.15, 0.2) is 0 Å². The molecule has 33 heavy (non-hydrogen) atoms. The first-order valence-electron chi connectivity index (χ1n) is 12.7. The summed E-state index contributed by atoms with van der Waals surface area (Å²) in [5, 5.41) is 0. The summed E-state index contributed by atoms with van der Waals surface area (Å²) in [4.78, 5) is 49.3. The summed E-state index contributed by atoms with van der Waals surface area (Å²) in [5.74, 6) is 1.31. The predicted octanol–water partition coefficient (Wildman–Crippen LogP) is 4.53. The number of fused-ring (bicyclic) bond motifs is 5. The van der Waals surface area contributed by atoms with Crippen LogP contribution in [0.1, 0.15) is 86.0 Å². The van der Waals surface area contributed by atoms with E-state index in [0.29, 0.717) is 48.6 Å². The lowest BCUT2D eigenvalue weighted by Gasteiger charge is -2.60. The van der Waals surface area contributed by atoms with Gasteiger partial charge in [0.2, 0.25) is 0 Å². The summed E-state index contributed by atoms with van der Waals surface area (Å²) in [6.07, 6.45) is 6.65. The zero-order valence-corrected chi connectivity index (χ0v) is 20.9. The SMILES string of the molecule is CC(=O)OCC(C)(COC(C)=O)[C@H]1CC[C@H]2[C@@H]3CCC4CC(=O)CC[C@]4(C)[C@H]3C(=O)C[C@]12C. The Hall–Kier alpha value is -1.72. The number of rotatable bonds is 5. The molecule has 0 spiro atoms. The van der Waals surface area contributed by atoms with E-state index in [9.17, 15) is 19.2 Å². The largest absolute Gasteiger partial charge is 0.465 e. The minimum absolute atomic E-state index is 0.0503. The monoisotopic (exact) mass is 460 g/mol. The van der Waals surface area contributed by atoms with E-state index in [-0.39, 0.29) is 47.8 Å². The van der Waals surface area contributed by atoms with Gasteiger partial charge in [0, 0.05) is 44.4 Å². The lowest BCUT2D eigenvalue weighted by molar-refractivity contribution is -0.170. The standard InChI is InChI=1S/C27H40O6/c1-16(28)32-14-25(3,15-33-17(2)29)23-9-8-21-20-7-6-18-12-19(30)10-11-26(18,4)24(20)22(31)13-27(21,23)5/h18,20-21,23-24H,6-15H2,1-5H3/t18?,20-,21-,23+,24+,26-,27-/m0/s1. The quantitative estimate of drug-likeness (QED) is 0.561. The van der Waals surface area contributed by atoms with E-state index in [1.165, 1.54) is 13.8 Å². The zero-order valence-electron chi connectivity index (χ0n) is 20.9. The van der Waals surface area contributed by atoms with Crippen LogP contribution in [0.15, 0.2) is 0 Å². The van der Waals surface area contributed by atoms with Crippen molar-refractivity contribution >= 4 is 23.5 Å². The Morgan fingerprint density at radius 2 is 1.61 bits per heavy atom. The molecule has 6 nitrogen and oxygen atoms in total. The lowest BCUT2D eigenvalue weighted by atomic mass is 9.43. The topological polar surface area (TPSA) is 86.7 Å². The first-order chi connectivity index (χ1) is 15.4. The number of carbonyl (C=O) groups is 4. The van der Waals surface area contributed by atoms with Crippen molar-refractivity contribution in [3.8, 4) is 0 Å². The molecule has 0 aromatic heterocycles. The molecule has 4 fully saturated rings. The van der Waals surface area contributed by atoms with Crippen LogP contribution in [0.5, 0.6) is 0 Å². The number of esters is 2. The maximum atomic E-state index is 13.9. The van der Waals surface area contributed by atoms with Gasteiger partial charge in [-0.2, -0.15) is 0 Å². The van der Waals surface area contributed by atoms with E-state index in [4.69, 9.17) is 9.47 Å². The maximum absolute atomic E-state index is 13.9. The second kappa shape index (κ2) is 8.49. The minimum Gasteiger partial charge on any atom is -0.465 e. The fourth-order valence-electron chi connectivity index (χ4n) is 8.78. The summed E-state index contributed by atoms with van der Waals surface area (Å²) in [5.41, 5.74) is -0.806. The van der Waals surface area contributed by atoms with Gasteiger partial charge in [0.25, 0.3) is 0 Å². The fraction of sp³-hybridized carbons (Fsp3) is 0.852. The average Bonchev–Trinajstić information content (AvgIpc) is 3.08. The molecule has 0 heterocycles. The predicted molar refractivity (Wildman–Crippen MR) is 122 cm³/mol. The van der Waals surface area contributed by atoms with E-state index < -0.39 is 5.41 Å². The van der Waals surface area contributed by atoms with Gasteiger partial charge in [0.1, 0.15) is 24.8 Å². The molecule has 184 valence electrons. The van der Waals surface area contributed by atoms with Gasteiger partial charge >= 0.3 is 11.9 Å². The molecule has 0 bridgehead atoms. The Labute approximate surface area is 197 Å². The van der Waals surface area contributed by atoms with E-state index >= 15 is 0 Å². The molecule has 0 aromatic rings. The average molecular weight is 461 g/mol. The Bertz CT molecular complexity index is 830. The van der Waals surface area contributed by atoms with Gasteiger partial charge in [-0.3, -0.25) is 19.2 Å². The van der Waals surface area contributed by atoms with E-state index in [1.807, 2.05) is 6.92 Å². The van der Waals surface area contributed by atoms with Crippen molar-refractivity contribution in [3.63, 3.8) is 0 Å². The van der Waals surface area contributed by atoms with Crippen molar-refractivity contribution < 1.29 is 28.7 Å². The summed E-state index contributed by atoms with van der Waals surface area (Å²) in [6.45, 7) is 9.74.